The van der Waals surface area contributed by atoms with Crippen LogP contribution in [-0.4, -0.2) is 11.0 Å². The first kappa shape index (κ1) is 15.3. The van der Waals surface area contributed by atoms with Crippen LogP contribution in [0.5, 0.6) is 0 Å². The van der Waals surface area contributed by atoms with E-state index in [-0.39, 0.29) is 17.8 Å². The molecule has 0 saturated carbocycles. The number of aromatic nitrogens is 1. The average molecular weight is 325 g/mol. The highest BCUT2D eigenvalue weighted by Crippen LogP contribution is 2.35. The SMILES string of the molecule is CCC(Nc1ncc(Br)cc1C(F)(F)F)C(C)C. The molecule has 0 saturated heterocycles. The molecule has 1 aromatic heterocycles. The molecule has 0 spiro atoms. The van der Waals surface area contributed by atoms with Gasteiger partial charge in [0.1, 0.15) is 5.82 Å². The van der Waals surface area contributed by atoms with E-state index in [1.165, 1.54) is 6.20 Å². The van der Waals surface area contributed by atoms with Crippen LogP contribution in [0.1, 0.15) is 32.8 Å². The third-order valence-electron chi connectivity index (χ3n) is 2.73. The lowest BCUT2D eigenvalue weighted by Gasteiger charge is -2.23. The van der Waals surface area contributed by atoms with Crippen LogP contribution in [-0.2, 0) is 6.18 Å². The molecule has 2 nitrogen and oxygen atoms in total. The van der Waals surface area contributed by atoms with E-state index in [1.54, 1.807) is 0 Å². The smallest absolute Gasteiger partial charge is 0.367 e. The van der Waals surface area contributed by atoms with E-state index in [0.29, 0.717) is 4.47 Å². The summed E-state index contributed by atoms with van der Waals surface area (Å²) in [5, 5.41) is 2.88. The number of alkyl halides is 3. The van der Waals surface area contributed by atoms with Gasteiger partial charge in [-0.2, -0.15) is 13.2 Å². The molecule has 1 aromatic rings. The standard InChI is InChI=1S/C12H16BrF3N2/c1-4-10(7(2)3)18-11-9(12(14,15)16)5-8(13)6-17-11/h5-7,10H,4H2,1-3H3,(H,17,18). The first-order chi connectivity index (χ1) is 8.25. The third kappa shape index (κ3) is 3.86. The second kappa shape index (κ2) is 5.91. The summed E-state index contributed by atoms with van der Waals surface area (Å²) in [5.74, 6) is 0.132. The van der Waals surface area contributed by atoms with Gasteiger partial charge >= 0.3 is 6.18 Å². The molecule has 0 aliphatic carbocycles. The Labute approximate surface area is 113 Å². The number of hydrogen-bond acceptors (Lipinski definition) is 2. The Morgan fingerprint density at radius 2 is 2.00 bits per heavy atom. The summed E-state index contributed by atoms with van der Waals surface area (Å²) in [7, 11) is 0. The number of anilines is 1. The monoisotopic (exact) mass is 324 g/mol. The van der Waals surface area contributed by atoms with Gasteiger partial charge in [0.15, 0.2) is 0 Å². The Bertz CT molecular complexity index is 405. The number of hydrogen-bond donors (Lipinski definition) is 1. The summed E-state index contributed by atoms with van der Waals surface area (Å²) < 4.78 is 39.0. The molecule has 0 radical (unpaired) electrons. The highest BCUT2D eigenvalue weighted by Gasteiger charge is 2.35. The Balaban J connectivity index is 3.09. The van der Waals surface area contributed by atoms with Crippen LogP contribution in [0.25, 0.3) is 0 Å². The zero-order valence-electron chi connectivity index (χ0n) is 10.5. The van der Waals surface area contributed by atoms with E-state index in [9.17, 15) is 13.2 Å². The molecule has 1 unspecified atom stereocenters. The van der Waals surface area contributed by atoms with Gasteiger partial charge in [-0.05, 0) is 34.3 Å². The lowest BCUT2D eigenvalue weighted by molar-refractivity contribution is -0.137. The molecule has 0 fully saturated rings. The second-order valence-electron chi connectivity index (χ2n) is 4.45. The highest BCUT2D eigenvalue weighted by atomic mass is 79.9. The summed E-state index contributed by atoms with van der Waals surface area (Å²) in [5.41, 5.74) is -0.740. The highest BCUT2D eigenvalue weighted by molar-refractivity contribution is 9.10. The minimum atomic E-state index is -4.41. The molecule has 102 valence electrons. The van der Waals surface area contributed by atoms with Crippen molar-refractivity contribution in [2.24, 2.45) is 5.92 Å². The van der Waals surface area contributed by atoms with Crippen molar-refractivity contribution in [1.82, 2.24) is 4.98 Å². The molecular weight excluding hydrogens is 309 g/mol. The molecule has 1 atom stereocenters. The molecule has 0 aromatic carbocycles. The number of nitrogens with zero attached hydrogens (tertiary/aromatic N) is 1. The third-order valence-corrected chi connectivity index (χ3v) is 3.16. The van der Waals surface area contributed by atoms with Gasteiger partial charge in [-0.25, -0.2) is 4.98 Å². The Morgan fingerprint density at radius 1 is 1.39 bits per heavy atom. The van der Waals surface area contributed by atoms with Crippen LogP contribution in [0.3, 0.4) is 0 Å². The number of halogens is 4. The molecule has 1 N–H and O–H groups in total. The predicted octanol–water partition coefficient (Wildman–Crippen LogP) is 4.71. The maximum atomic E-state index is 12.9. The number of nitrogens with one attached hydrogen (secondary N) is 1. The Kier molecular flexibility index (Phi) is 5.01. The van der Waals surface area contributed by atoms with Gasteiger partial charge < -0.3 is 5.32 Å². The van der Waals surface area contributed by atoms with E-state index < -0.39 is 11.7 Å². The topological polar surface area (TPSA) is 24.9 Å². The van der Waals surface area contributed by atoms with Crippen LogP contribution in [0.15, 0.2) is 16.7 Å². The van der Waals surface area contributed by atoms with Crippen molar-refractivity contribution in [3.05, 3.63) is 22.3 Å². The first-order valence-electron chi connectivity index (χ1n) is 5.75. The Hall–Kier alpha value is -0.780. The predicted molar refractivity (Wildman–Crippen MR) is 69.5 cm³/mol. The van der Waals surface area contributed by atoms with E-state index >= 15 is 0 Å². The minimum Gasteiger partial charge on any atom is -0.367 e. The molecule has 0 bridgehead atoms. The fourth-order valence-electron chi connectivity index (χ4n) is 1.69. The quantitative estimate of drug-likeness (QED) is 0.867. The molecule has 1 rings (SSSR count). The van der Waals surface area contributed by atoms with Crippen LogP contribution < -0.4 is 5.32 Å². The normalized spacial score (nSPS) is 13.8. The van der Waals surface area contributed by atoms with E-state index in [2.05, 4.69) is 26.2 Å². The fraction of sp³-hybridized carbons (Fsp3) is 0.583. The number of pyridine rings is 1. The fourth-order valence-corrected chi connectivity index (χ4v) is 2.02. The lowest BCUT2D eigenvalue weighted by atomic mass is 10.0. The van der Waals surface area contributed by atoms with Gasteiger partial charge in [0.2, 0.25) is 0 Å². The van der Waals surface area contributed by atoms with Crippen molar-refractivity contribution in [2.45, 2.75) is 39.4 Å². The first-order valence-corrected chi connectivity index (χ1v) is 6.54. The van der Waals surface area contributed by atoms with Gasteiger partial charge in [0.25, 0.3) is 0 Å². The average Bonchev–Trinajstić information content (AvgIpc) is 2.25. The zero-order valence-corrected chi connectivity index (χ0v) is 12.1. The summed E-state index contributed by atoms with van der Waals surface area (Å²) in [4.78, 5) is 3.84. The van der Waals surface area contributed by atoms with Crippen LogP contribution in [0.2, 0.25) is 0 Å². The number of rotatable bonds is 4. The van der Waals surface area contributed by atoms with Crippen molar-refractivity contribution in [3.63, 3.8) is 0 Å². The van der Waals surface area contributed by atoms with Gasteiger partial charge in [0.05, 0.1) is 5.56 Å². The summed E-state index contributed by atoms with van der Waals surface area (Å²) >= 11 is 3.01. The zero-order chi connectivity index (χ0) is 13.9. The van der Waals surface area contributed by atoms with Crippen molar-refractivity contribution in [2.75, 3.05) is 5.32 Å². The lowest BCUT2D eigenvalue weighted by Crippen LogP contribution is -2.27. The van der Waals surface area contributed by atoms with Crippen LogP contribution >= 0.6 is 15.9 Å². The van der Waals surface area contributed by atoms with Gasteiger partial charge in [-0.3, -0.25) is 0 Å². The molecule has 0 aliphatic heterocycles. The second-order valence-corrected chi connectivity index (χ2v) is 5.37. The summed E-state index contributed by atoms with van der Waals surface area (Å²) in [6.45, 7) is 5.87. The molecule has 0 amide bonds. The summed E-state index contributed by atoms with van der Waals surface area (Å²) in [6.07, 6.45) is -2.30. The van der Waals surface area contributed by atoms with Crippen LogP contribution in [0.4, 0.5) is 19.0 Å². The minimum absolute atomic E-state index is 0.0280. The van der Waals surface area contributed by atoms with Gasteiger partial charge in [-0.1, -0.05) is 20.8 Å². The molecule has 18 heavy (non-hydrogen) atoms. The van der Waals surface area contributed by atoms with E-state index in [0.717, 1.165) is 12.5 Å². The summed E-state index contributed by atoms with van der Waals surface area (Å²) in [6, 6.07) is 1.02. The Morgan fingerprint density at radius 3 is 2.44 bits per heavy atom. The van der Waals surface area contributed by atoms with Crippen molar-refractivity contribution < 1.29 is 13.2 Å². The van der Waals surface area contributed by atoms with Crippen molar-refractivity contribution in [1.29, 1.82) is 0 Å². The van der Waals surface area contributed by atoms with Gasteiger partial charge in [0, 0.05) is 16.7 Å². The van der Waals surface area contributed by atoms with Crippen molar-refractivity contribution >= 4 is 21.7 Å². The maximum Gasteiger partial charge on any atom is 0.419 e. The van der Waals surface area contributed by atoms with Crippen molar-refractivity contribution in [3.8, 4) is 0 Å². The molecule has 6 heteroatoms. The molecular formula is C12H16BrF3N2. The van der Waals surface area contributed by atoms with E-state index in [4.69, 9.17) is 0 Å². The molecule has 1 heterocycles. The maximum absolute atomic E-state index is 12.9. The van der Waals surface area contributed by atoms with Gasteiger partial charge in [-0.15, -0.1) is 0 Å². The van der Waals surface area contributed by atoms with Crippen LogP contribution in [0, 0.1) is 5.92 Å². The van der Waals surface area contributed by atoms with E-state index in [1.807, 2.05) is 20.8 Å². The molecule has 0 aliphatic rings. The largest absolute Gasteiger partial charge is 0.419 e.